The lowest BCUT2D eigenvalue weighted by molar-refractivity contribution is -0.123. The van der Waals surface area contributed by atoms with Crippen LogP contribution < -0.4 is 5.32 Å². The number of nitrogens with zero attached hydrogens (tertiary/aromatic N) is 1. The second-order valence-corrected chi connectivity index (χ2v) is 6.78. The molecule has 0 aromatic heterocycles. The molecule has 1 saturated heterocycles. The molecule has 0 aromatic carbocycles. The minimum absolute atomic E-state index is 0.0267. The van der Waals surface area contributed by atoms with Gasteiger partial charge in [0.15, 0.2) is 0 Å². The molecule has 0 bridgehead atoms. The highest BCUT2D eigenvalue weighted by Crippen LogP contribution is 2.23. The molecule has 5 heteroatoms. The van der Waals surface area contributed by atoms with Gasteiger partial charge in [-0.3, -0.25) is 4.79 Å². The van der Waals surface area contributed by atoms with Gasteiger partial charge in [0.05, 0.1) is 0 Å². The van der Waals surface area contributed by atoms with Gasteiger partial charge in [-0.2, -0.15) is 0 Å². The van der Waals surface area contributed by atoms with Gasteiger partial charge in [0, 0.05) is 31.5 Å². The molecule has 0 radical (unpaired) electrons. The van der Waals surface area contributed by atoms with Gasteiger partial charge in [0.25, 0.3) is 0 Å². The van der Waals surface area contributed by atoms with Crippen molar-refractivity contribution in [3.05, 3.63) is 0 Å². The molecular formula is C16H26N2O3. The summed E-state index contributed by atoms with van der Waals surface area (Å²) in [4.78, 5) is 25.4. The maximum absolute atomic E-state index is 12.0. The molecule has 1 aliphatic rings. The number of hydrogen-bond donors (Lipinski definition) is 1. The fraction of sp³-hybridized carbons (Fsp3) is 0.750. The maximum atomic E-state index is 12.0. The number of hydrogen-bond acceptors (Lipinski definition) is 3. The minimum Gasteiger partial charge on any atom is -0.444 e. The summed E-state index contributed by atoms with van der Waals surface area (Å²) in [6.07, 6.45) is 7.10. The molecule has 1 aliphatic heterocycles. The first-order valence-corrected chi connectivity index (χ1v) is 7.38. The van der Waals surface area contributed by atoms with Crippen molar-refractivity contribution in [3.63, 3.8) is 0 Å². The van der Waals surface area contributed by atoms with E-state index in [1.807, 2.05) is 27.7 Å². The summed E-state index contributed by atoms with van der Waals surface area (Å²) in [5, 5.41) is 3.02. The topological polar surface area (TPSA) is 58.6 Å². The number of piperidine rings is 1. The SMILES string of the molecule is C#CCCC(=O)NC1(C)CCN(C(=O)OC(C)(C)C)CC1. The van der Waals surface area contributed by atoms with Gasteiger partial charge in [-0.15, -0.1) is 12.3 Å². The number of ether oxygens (including phenoxy) is 1. The average molecular weight is 294 g/mol. The standard InChI is InChI=1S/C16H26N2O3/c1-6-7-8-13(19)17-16(5)9-11-18(12-10-16)14(20)21-15(2,3)4/h1H,7-12H2,2-5H3,(H,17,19). The lowest BCUT2D eigenvalue weighted by atomic mass is 9.89. The number of rotatable bonds is 3. The third kappa shape index (κ3) is 6.07. The molecule has 1 fully saturated rings. The highest BCUT2D eigenvalue weighted by Gasteiger charge is 2.34. The van der Waals surface area contributed by atoms with Crippen LogP contribution in [0.4, 0.5) is 4.79 Å². The smallest absolute Gasteiger partial charge is 0.410 e. The lowest BCUT2D eigenvalue weighted by Crippen LogP contribution is -2.54. The van der Waals surface area contributed by atoms with Gasteiger partial charge in [0.1, 0.15) is 5.60 Å². The Morgan fingerprint density at radius 1 is 1.33 bits per heavy atom. The average Bonchev–Trinajstić information content (AvgIpc) is 2.34. The van der Waals surface area contributed by atoms with Crippen LogP contribution >= 0.6 is 0 Å². The van der Waals surface area contributed by atoms with Crippen LogP contribution in [0.1, 0.15) is 53.4 Å². The van der Waals surface area contributed by atoms with Gasteiger partial charge in [-0.05, 0) is 40.5 Å². The summed E-state index contributed by atoms with van der Waals surface area (Å²) in [6, 6.07) is 0. The summed E-state index contributed by atoms with van der Waals surface area (Å²) >= 11 is 0. The third-order valence-electron chi connectivity index (χ3n) is 3.46. The van der Waals surface area contributed by atoms with Gasteiger partial charge < -0.3 is 15.0 Å². The minimum atomic E-state index is -0.485. The maximum Gasteiger partial charge on any atom is 0.410 e. The molecular weight excluding hydrogens is 268 g/mol. The van der Waals surface area contributed by atoms with Gasteiger partial charge in [-0.25, -0.2) is 4.79 Å². The molecule has 1 rings (SSSR count). The van der Waals surface area contributed by atoms with Crippen molar-refractivity contribution in [2.75, 3.05) is 13.1 Å². The number of amides is 2. The van der Waals surface area contributed by atoms with Crippen LogP contribution in [0, 0.1) is 12.3 Å². The molecule has 0 aliphatic carbocycles. The van der Waals surface area contributed by atoms with Crippen LogP contribution in [0.5, 0.6) is 0 Å². The molecule has 0 aromatic rings. The highest BCUT2D eigenvalue weighted by atomic mass is 16.6. The Morgan fingerprint density at radius 3 is 2.38 bits per heavy atom. The fourth-order valence-corrected chi connectivity index (χ4v) is 2.22. The second-order valence-electron chi connectivity index (χ2n) is 6.78. The van der Waals surface area contributed by atoms with E-state index in [1.165, 1.54) is 0 Å². The first kappa shape index (κ1) is 17.4. The Morgan fingerprint density at radius 2 is 1.90 bits per heavy atom. The van der Waals surface area contributed by atoms with Crippen LogP contribution in [-0.2, 0) is 9.53 Å². The van der Waals surface area contributed by atoms with Crippen LogP contribution in [-0.4, -0.2) is 41.1 Å². The Kier molecular flexibility index (Phi) is 5.65. The first-order valence-electron chi connectivity index (χ1n) is 7.38. The summed E-state index contributed by atoms with van der Waals surface area (Å²) in [5.41, 5.74) is -0.758. The predicted octanol–water partition coefficient (Wildman–Crippen LogP) is 2.31. The van der Waals surface area contributed by atoms with E-state index in [9.17, 15) is 9.59 Å². The van der Waals surface area contributed by atoms with E-state index in [-0.39, 0.29) is 17.5 Å². The first-order chi connectivity index (χ1) is 9.65. The summed E-state index contributed by atoms with van der Waals surface area (Å²) < 4.78 is 5.36. The normalized spacial score (nSPS) is 17.8. The van der Waals surface area contributed by atoms with E-state index >= 15 is 0 Å². The van der Waals surface area contributed by atoms with E-state index < -0.39 is 5.60 Å². The molecule has 2 amide bonds. The van der Waals surface area contributed by atoms with Crippen molar-refractivity contribution in [1.82, 2.24) is 10.2 Å². The van der Waals surface area contributed by atoms with E-state index in [0.29, 0.717) is 38.8 Å². The molecule has 5 nitrogen and oxygen atoms in total. The lowest BCUT2D eigenvalue weighted by Gasteiger charge is -2.40. The van der Waals surface area contributed by atoms with E-state index in [0.717, 1.165) is 0 Å². The Labute approximate surface area is 127 Å². The van der Waals surface area contributed by atoms with Crippen molar-refractivity contribution >= 4 is 12.0 Å². The van der Waals surface area contributed by atoms with Crippen LogP contribution in [0.15, 0.2) is 0 Å². The number of carbonyl (C=O) groups excluding carboxylic acids is 2. The van der Waals surface area contributed by atoms with Crippen molar-refractivity contribution in [1.29, 1.82) is 0 Å². The van der Waals surface area contributed by atoms with Crippen molar-refractivity contribution in [2.24, 2.45) is 0 Å². The molecule has 21 heavy (non-hydrogen) atoms. The molecule has 1 N–H and O–H groups in total. The molecule has 0 saturated carbocycles. The zero-order chi connectivity index (χ0) is 16.1. The van der Waals surface area contributed by atoms with Crippen LogP contribution in [0.2, 0.25) is 0 Å². The fourth-order valence-electron chi connectivity index (χ4n) is 2.22. The van der Waals surface area contributed by atoms with Crippen LogP contribution in [0.25, 0.3) is 0 Å². The van der Waals surface area contributed by atoms with Crippen molar-refractivity contribution in [2.45, 2.75) is 64.5 Å². The summed E-state index contributed by atoms with van der Waals surface area (Å²) in [7, 11) is 0. The number of carbonyl (C=O) groups is 2. The van der Waals surface area contributed by atoms with Crippen molar-refractivity contribution in [3.8, 4) is 12.3 Å². The summed E-state index contributed by atoms with van der Waals surface area (Å²) in [6.45, 7) is 8.73. The van der Waals surface area contributed by atoms with Gasteiger partial charge in [-0.1, -0.05) is 0 Å². The van der Waals surface area contributed by atoms with Gasteiger partial charge >= 0.3 is 6.09 Å². The Balaban J connectivity index is 2.45. The third-order valence-corrected chi connectivity index (χ3v) is 3.46. The number of terminal acetylenes is 1. The molecule has 0 atom stereocenters. The molecule has 0 unspecified atom stereocenters. The van der Waals surface area contributed by atoms with E-state index in [2.05, 4.69) is 11.2 Å². The number of nitrogens with one attached hydrogen (secondary N) is 1. The van der Waals surface area contributed by atoms with Gasteiger partial charge in [0.2, 0.25) is 5.91 Å². The molecule has 118 valence electrons. The molecule has 0 spiro atoms. The predicted molar refractivity (Wildman–Crippen MR) is 81.7 cm³/mol. The molecule has 1 heterocycles. The van der Waals surface area contributed by atoms with Crippen LogP contribution in [0.3, 0.4) is 0 Å². The second kappa shape index (κ2) is 6.84. The number of likely N-dealkylation sites (tertiary alicyclic amines) is 1. The van der Waals surface area contributed by atoms with Crippen molar-refractivity contribution < 1.29 is 14.3 Å². The van der Waals surface area contributed by atoms with E-state index in [1.54, 1.807) is 4.90 Å². The van der Waals surface area contributed by atoms with E-state index in [4.69, 9.17) is 11.2 Å². The zero-order valence-corrected chi connectivity index (χ0v) is 13.5. The Hall–Kier alpha value is -1.70. The largest absolute Gasteiger partial charge is 0.444 e. The monoisotopic (exact) mass is 294 g/mol. The summed E-state index contributed by atoms with van der Waals surface area (Å²) in [5.74, 6) is 2.44. The zero-order valence-electron chi connectivity index (χ0n) is 13.5. The highest BCUT2D eigenvalue weighted by molar-refractivity contribution is 5.77. The Bertz CT molecular complexity index is 424. The quantitative estimate of drug-likeness (QED) is 0.813.